The van der Waals surface area contributed by atoms with Gasteiger partial charge < -0.3 is 11.1 Å². The molecule has 0 saturated carbocycles. The maximum absolute atomic E-state index is 11.9. The number of rotatable bonds is 7. The van der Waals surface area contributed by atoms with Crippen molar-refractivity contribution in [1.82, 2.24) is 5.32 Å². The van der Waals surface area contributed by atoms with E-state index in [1.807, 2.05) is 24.3 Å². The normalized spacial score (nSPS) is 10.1. The van der Waals surface area contributed by atoms with E-state index >= 15 is 0 Å². The topological polar surface area (TPSA) is 55.1 Å². The van der Waals surface area contributed by atoms with Crippen molar-refractivity contribution in [3.8, 4) is 11.8 Å². The molecule has 1 aromatic rings. The molecule has 5 heteroatoms. The molecule has 0 aliphatic heterocycles. The molecule has 1 rings (SSSR count). The van der Waals surface area contributed by atoms with Crippen molar-refractivity contribution in [1.29, 1.82) is 0 Å². The first kappa shape index (κ1) is 18.0. The summed E-state index contributed by atoms with van der Waals surface area (Å²) < 4.78 is 0. The van der Waals surface area contributed by atoms with Gasteiger partial charge in [0.25, 0.3) is 5.91 Å². The lowest BCUT2D eigenvalue weighted by Gasteiger charge is -2.05. The molecular formula is C16H22N2OS2. The zero-order valence-corrected chi connectivity index (χ0v) is 14.2. The van der Waals surface area contributed by atoms with Gasteiger partial charge in [-0.25, -0.2) is 0 Å². The van der Waals surface area contributed by atoms with Crippen LogP contribution in [0.4, 0.5) is 0 Å². The summed E-state index contributed by atoms with van der Waals surface area (Å²) in [6.45, 7) is 5.46. The Morgan fingerprint density at radius 1 is 1.24 bits per heavy atom. The van der Waals surface area contributed by atoms with Gasteiger partial charge in [0.1, 0.15) is 0 Å². The molecule has 0 fully saturated rings. The molecule has 0 spiro atoms. The number of carbonyl (C=O) groups is 1. The minimum atomic E-state index is -0.0391. The molecule has 0 saturated heterocycles. The average molecular weight is 322 g/mol. The van der Waals surface area contributed by atoms with Crippen LogP contribution in [0.15, 0.2) is 24.3 Å². The zero-order chi connectivity index (χ0) is 15.5. The van der Waals surface area contributed by atoms with Crippen LogP contribution in [0.25, 0.3) is 0 Å². The number of nitrogens with one attached hydrogen (secondary N) is 1. The van der Waals surface area contributed by atoms with Crippen LogP contribution in [-0.4, -0.2) is 30.5 Å². The smallest absolute Gasteiger partial charge is 0.251 e. The third kappa shape index (κ3) is 8.05. The van der Waals surface area contributed by atoms with Crippen molar-refractivity contribution in [3.05, 3.63) is 35.4 Å². The van der Waals surface area contributed by atoms with Gasteiger partial charge in [-0.1, -0.05) is 47.3 Å². The van der Waals surface area contributed by atoms with E-state index in [-0.39, 0.29) is 5.91 Å². The monoisotopic (exact) mass is 322 g/mol. The summed E-state index contributed by atoms with van der Waals surface area (Å²) in [5.41, 5.74) is 7.01. The highest BCUT2D eigenvalue weighted by Gasteiger charge is 2.04. The summed E-state index contributed by atoms with van der Waals surface area (Å²) in [4.78, 5) is 11.9. The first-order chi connectivity index (χ1) is 10.1. The molecule has 0 bridgehead atoms. The minimum absolute atomic E-state index is 0.0391. The first-order valence-corrected chi connectivity index (χ1v) is 9.46. The Morgan fingerprint density at radius 3 is 2.52 bits per heavy atom. The van der Waals surface area contributed by atoms with Gasteiger partial charge in [-0.2, -0.15) is 0 Å². The van der Waals surface area contributed by atoms with Gasteiger partial charge in [0.15, 0.2) is 0 Å². The van der Waals surface area contributed by atoms with E-state index in [0.29, 0.717) is 24.6 Å². The van der Waals surface area contributed by atoms with Crippen molar-refractivity contribution < 1.29 is 4.79 Å². The van der Waals surface area contributed by atoms with Crippen molar-refractivity contribution in [2.45, 2.75) is 13.8 Å². The van der Waals surface area contributed by atoms with Crippen molar-refractivity contribution in [2.75, 3.05) is 24.6 Å². The predicted molar refractivity (Wildman–Crippen MR) is 94.5 cm³/mol. The molecule has 0 atom stereocenters. The lowest BCUT2D eigenvalue weighted by molar-refractivity contribution is 0.0956. The number of hydrogen-bond donors (Lipinski definition) is 2. The molecule has 0 aromatic heterocycles. The largest absolute Gasteiger partial charge is 0.351 e. The quantitative estimate of drug-likeness (QED) is 0.460. The fourth-order valence-corrected chi connectivity index (χ4v) is 3.17. The fraction of sp³-hybridized carbons (Fsp3) is 0.438. The maximum atomic E-state index is 11.9. The highest BCUT2D eigenvalue weighted by molar-refractivity contribution is 8.76. The lowest BCUT2D eigenvalue weighted by Crippen LogP contribution is -2.25. The molecule has 21 heavy (non-hydrogen) atoms. The second kappa shape index (κ2) is 10.6. The van der Waals surface area contributed by atoms with Crippen LogP contribution in [0.5, 0.6) is 0 Å². The first-order valence-electron chi connectivity index (χ1n) is 6.97. The number of nitrogens with two attached hydrogens (primary N) is 1. The molecule has 0 aliphatic carbocycles. The van der Waals surface area contributed by atoms with Crippen LogP contribution in [0.1, 0.15) is 29.8 Å². The van der Waals surface area contributed by atoms with Gasteiger partial charge in [0, 0.05) is 41.6 Å². The van der Waals surface area contributed by atoms with Crippen molar-refractivity contribution in [3.63, 3.8) is 0 Å². The summed E-state index contributed by atoms with van der Waals surface area (Å²) in [6.07, 6.45) is 0. The van der Waals surface area contributed by atoms with E-state index < -0.39 is 0 Å². The molecule has 3 nitrogen and oxygen atoms in total. The Morgan fingerprint density at radius 2 is 1.90 bits per heavy atom. The number of carbonyl (C=O) groups excluding carboxylic acids is 1. The minimum Gasteiger partial charge on any atom is -0.351 e. The van der Waals surface area contributed by atoms with E-state index in [4.69, 9.17) is 5.73 Å². The molecule has 1 aromatic carbocycles. The Hall–Kier alpha value is -1.09. The highest BCUT2D eigenvalue weighted by atomic mass is 33.1. The molecule has 1 amide bonds. The summed E-state index contributed by atoms with van der Waals surface area (Å²) in [5.74, 6) is 8.32. The van der Waals surface area contributed by atoms with Crippen LogP contribution >= 0.6 is 21.6 Å². The van der Waals surface area contributed by atoms with E-state index in [1.165, 1.54) is 0 Å². The molecule has 3 N–H and O–H groups in total. The van der Waals surface area contributed by atoms with Crippen molar-refractivity contribution >= 4 is 27.5 Å². The van der Waals surface area contributed by atoms with E-state index in [0.717, 1.165) is 17.1 Å². The number of amides is 1. The van der Waals surface area contributed by atoms with Gasteiger partial charge >= 0.3 is 0 Å². The molecule has 0 aliphatic rings. The second-order valence-electron chi connectivity index (χ2n) is 4.69. The van der Waals surface area contributed by atoms with Crippen LogP contribution in [0, 0.1) is 17.8 Å². The van der Waals surface area contributed by atoms with E-state index in [9.17, 15) is 4.79 Å². The van der Waals surface area contributed by atoms with Crippen LogP contribution in [-0.2, 0) is 0 Å². The van der Waals surface area contributed by atoms with Gasteiger partial charge in [-0.3, -0.25) is 4.79 Å². The van der Waals surface area contributed by atoms with Crippen LogP contribution < -0.4 is 11.1 Å². The average Bonchev–Trinajstić information content (AvgIpc) is 2.49. The highest BCUT2D eigenvalue weighted by Crippen LogP contribution is 2.18. The lowest BCUT2D eigenvalue weighted by atomic mass is 10.1. The summed E-state index contributed by atoms with van der Waals surface area (Å²) in [7, 11) is 3.47. The standard InChI is InChI=1S/C16H22N2OS2/c1-13(2)3-4-14-5-7-15(8-6-14)16(19)18-10-12-21-20-11-9-17/h5-8,13H,9-12,17H2,1-2H3,(H,18,19). The third-order valence-corrected chi connectivity index (χ3v) is 4.85. The summed E-state index contributed by atoms with van der Waals surface area (Å²) in [6, 6.07) is 7.40. The van der Waals surface area contributed by atoms with Gasteiger partial charge in [-0.05, 0) is 24.3 Å². The molecular weight excluding hydrogens is 300 g/mol. The van der Waals surface area contributed by atoms with Gasteiger partial charge in [-0.15, -0.1) is 0 Å². The molecule has 114 valence electrons. The van der Waals surface area contributed by atoms with Gasteiger partial charge in [0.2, 0.25) is 0 Å². The fourth-order valence-electron chi connectivity index (χ4n) is 1.41. The SMILES string of the molecule is CC(C)C#Cc1ccc(C(=O)NCCSSCCN)cc1. The van der Waals surface area contributed by atoms with E-state index in [2.05, 4.69) is 31.0 Å². The third-order valence-electron chi connectivity index (χ3n) is 2.41. The molecule has 0 heterocycles. The maximum Gasteiger partial charge on any atom is 0.251 e. The summed E-state index contributed by atoms with van der Waals surface area (Å²) in [5, 5.41) is 2.91. The molecule has 0 radical (unpaired) electrons. The van der Waals surface area contributed by atoms with Crippen molar-refractivity contribution in [2.24, 2.45) is 11.7 Å². The van der Waals surface area contributed by atoms with Crippen LogP contribution in [0.2, 0.25) is 0 Å². The Kier molecular flexibility index (Phi) is 9.07. The molecule has 0 unspecified atom stereocenters. The Balaban J connectivity index is 2.36. The van der Waals surface area contributed by atoms with E-state index in [1.54, 1.807) is 21.6 Å². The number of benzene rings is 1. The number of hydrogen-bond acceptors (Lipinski definition) is 4. The van der Waals surface area contributed by atoms with Crippen LogP contribution in [0.3, 0.4) is 0 Å². The zero-order valence-electron chi connectivity index (χ0n) is 12.5. The second-order valence-corrected chi connectivity index (χ2v) is 7.39. The predicted octanol–water partition coefficient (Wildman–Crippen LogP) is 2.76. The Labute approximate surface area is 135 Å². The Bertz CT molecular complexity index is 489. The van der Waals surface area contributed by atoms with Gasteiger partial charge in [0.05, 0.1) is 0 Å². The summed E-state index contributed by atoms with van der Waals surface area (Å²) >= 11 is 0.